The van der Waals surface area contributed by atoms with E-state index in [9.17, 15) is 9.90 Å². The van der Waals surface area contributed by atoms with Gasteiger partial charge in [0.25, 0.3) is 0 Å². The molecule has 2 rings (SSSR count). The van der Waals surface area contributed by atoms with Crippen LogP contribution in [0.1, 0.15) is 42.5 Å². The van der Waals surface area contributed by atoms with Crippen LogP contribution in [0.15, 0.2) is 18.2 Å². The molecule has 0 amide bonds. The number of ether oxygens (including phenoxy) is 2. The van der Waals surface area contributed by atoms with Crippen molar-refractivity contribution in [2.45, 2.75) is 44.3 Å². The molecule has 20 heavy (non-hydrogen) atoms. The Morgan fingerprint density at radius 3 is 2.65 bits per heavy atom. The highest BCUT2D eigenvalue weighted by atomic mass is 16.5. The summed E-state index contributed by atoms with van der Waals surface area (Å²) in [5.74, 6) is -0.158. The lowest BCUT2D eigenvalue weighted by Gasteiger charge is -2.23. The van der Waals surface area contributed by atoms with Crippen LogP contribution in [-0.2, 0) is 0 Å². The Morgan fingerprint density at radius 2 is 1.95 bits per heavy atom. The van der Waals surface area contributed by atoms with Crippen LogP contribution < -0.4 is 9.47 Å². The van der Waals surface area contributed by atoms with E-state index in [0.717, 1.165) is 32.1 Å². The number of benzene rings is 1. The molecule has 1 saturated carbocycles. The molecule has 0 spiro atoms. The molecule has 0 bridgehead atoms. The summed E-state index contributed by atoms with van der Waals surface area (Å²) >= 11 is 0. The van der Waals surface area contributed by atoms with Crippen molar-refractivity contribution in [2.75, 3.05) is 7.11 Å². The molecule has 2 atom stereocenters. The molecule has 0 aromatic heterocycles. The predicted molar refractivity (Wildman–Crippen MR) is 73.5 cm³/mol. The zero-order chi connectivity index (χ0) is 14.5. The number of aromatic carboxylic acids is 1. The summed E-state index contributed by atoms with van der Waals surface area (Å²) in [6, 6.07) is 4.49. The molecule has 5 heteroatoms. The van der Waals surface area contributed by atoms with E-state index in [0.29, 0.717) is 11.5 Å². The number of carboxylic acids is 1. The number of hydrogen-bond acceptors (Lipinski definition) is 4. The van der Waals surface area contributed by atoms with Crippen molar-refractivity contribution in [3.63, 3.8) is 0 Å². The average molecular weight is 280 g/mol. The quantitative estimate of drug-likeness (QED) is 0.829. The second-order valence-corrected chi connectivity index (χ2v) is 5.03. The van der Waals surface area contributed by atoms with Gasteiger partial charge in [-0.15, -0.1) is 0 Å². The first-order valence-corrected chi connectivity index (χ1v) is 6.88. The Hall–Kier alpha value is -1.75. The van der Waals surface area contributed by atoms with Crippen LogP contribution in [0.5, 0.6) is 11.5 Å². The fourth-order valence-corrected chi connectivity index (χ4v) is 2.45. The number of carboxylic acid groups (broad SMARTS) is 1. The molecule has 1 aliphatic carbocycles. The van der Waals surface area contributed by atoms with Gasteiger partial charge < -0.3 is 19.7 Å². The third kappa shape index (κ3) is 3.42. The van der Waals surface area contributed by atoms with Crippen molar-refractivity contribution in [3.8, 4) is 11.5 Å². The van der Waals surface area contributed by atoms with Crippen molar-refractivity contribution in [1.29, 1.82) is 0 Å². The largest absolute Gasteiger partial charge is 0.493 e. The van der Waals surface area contributed by atoms with E-state index in [-0.39, 0.29) is 11.7 Å². The molecule has 1 fully saturated rings. The van der Waals surface area contributed by atoms with E-state index in [1.165, 1.54) is 19.2 Å². The zero-order valence-corrected chi connectivity index (χ0v) is 11.5. The minimum absolute atomic E-state index is 0.149. The van der Waals surface area contributed by atoms with E-state index >= 15 is 0 Å². The third-order valence-corrected chi connectivity index (χ3v) is 3.61. The first kappa shape index (κ1) is 14.7. The Morgan fingerprint density at radius 1 is 1.20 bits per heavy atom. The lowest BCUT2D eigenvalue weighted by molar-refractivity contribution is 0.0305. The fraction of sp³-hybridized carbons (Fsp3) is 0.533. The van der Waals surface area contributed by atoms with Crippen molar-refractivity contribution in [2.24, 2.45) is 0 Å². The summed E-state index contributed by atoms with van der Waals surface area (Å²) in [6.45, 7) is 0. The van der Waals surface area contributed by atoms with Crippen molar-refractivity contribution >= 4 is 5.97 Å². The number of rotatable bonds is 4. The highest BCUT2D eigenvalue weighted by Crippen LogP contribution is 2.31. The maximum Gasteiger partial charge on any atom is 0.335 e. The Kier molecular flexibility index (Phi) is 4.84. The summed E-state index contributed by atoms with van der Waals surface area (Å²) in [5.41, 5.74) is 0.149. The molecule has 1 aromatic rings. The summed E-state index contributed by atoms with van der Waals surface area (Å²) in [6.07, 6.45) is 3.92. The maximum atomic E-state index is 10.9. The number of hydrogen-bond donors (Lipinski definition) is 2. The van der Waals surface area contributed by atoms with Gasteiger partial charge >= 0.3 is 5.97 Å². The van der Waals surface area contributed by atoms with Gasteiger partial charge in [0.2, 0.25) is 0 Å². The molecule has 110 valence electrons. The van der Waals surface area contributed by atoms with Crippen LogP contribution in [0.25, 0.3) is 0 Å². The minimum Gasteiger partial charge on any atom is -0.493 e. The monoisotopic (exact) mass is 280 g/mol. The highest BCUT2D eigenvalue weighted by molar-refractivity contribution is 5.88. The van der Waals surface area contributed by atoms with Crippen LogP contribution in [0.3, 0.4) is 0 Å². The second kappa shape index (κ2) is 6.61. The third-order valence-electron chi connectivity index (χ3n) is 3.61. The molecule has 0 aliphatic heterocycles. The molecule has 2 unspecified atom stereocenters. The van der Waals surface area contributed by atoms with Crippen LogP contribution in [0.4, 0.5) is 0 Å². The van der Waals surface area contributed by atoms with E-state index in [1.54, 1.807) is 6.07 Å². The number of aliphatic hydroxyl groups excluding tert-OH is 1. The zero-order valence-electron chi connectivity index (χ0n) is 11.5. The Balaban J connectivity index is 2.17. The normalized spacial score (nSPS) is 22.9. The van der Waals surface area contributed by atoms with Gasteiger partial charge in [0, 0.05) is 0 Å². The standard InChI is InChI=1S/C15H20O5/c1-19-14-9-10(15(17)18)7-8-13(14)20-12-6-4-2-3-5-11(12)16/h7-9,11-12,16H,2-6H2,1H3,(H,17,18). The van der Waals surface area contributed by atoms with Crippen molar-refractivity contribution in [3.05, 3.63) is 23.8 Å². The predicted octanol–water partition coefficient (Wildman–Crippen LogP) is 2.47. The number of methoxy groups -OCH3 is 1. The highest BCUT2D eigenvalue weighted by Gasteiger charge is 2.24. The topological polar surface area (TPSA) is 76.0 Å². The van der Waals surface area contributed by atoms with Gasteiger partial charge in [-0.1, -0.05) is 12.8 Å². The van der Waals surface area contributed by atoms with E-state index in [2.05, 4.69) is 0 Å². The van der Waals surface area contributed by atoms with Gasteiger partial charge in [-0.05, 0) is 37.5 Å². The maximum absolute atomic E-state index is 10.9. The Bertz CT molecular complexity index is 471. The smallest absolute Gasteiger partial charge is 0.335 e. The Labute approximate surface area is 118 Å². The lowest BCUT2D eigenvalue weighted by atomic mass is 10.1. The van der Waals surface area contributed by atoms with Crippen LogP contribution in [-0.4, -0.2) is 35.5 Å². The van der Waals surface area contributed by atoms with Gasteiger partial charge in [-0.2, -0.15) is 0 Å². The van der Waals surface area contributed by atoms with Gasteiger partial charge in [0.1, 0.15) is 6.10 Å². The van der Waals surface area contributed by atoms with Crippen molar-refractivity contribution < 1.29 is 24.5 Å². The number of aliphatic hydroxyl groups is 1. The molecular formula is C15H20O5. The molecule has 2 N–H and O–H groups in total. The molecule has 1 aromatic carbocycles. The summed E-state index contributed by atoms with van der Waals surface area (Å²) in [7, 11) is 1.47. The van der Waals surface area contributed by atoms with E-state index < -0.39 is 12.1 Å². The molecular weight excluding hydrogens is 260 g/mol. The van der Waals surface area contributed by atoms with Crippen LogP contribution in [0.2, 0.25) is 0 Å². The van der Waals surface area contributed by atoms with Gasteiger partial charge in [0.15, 0.2) is 11.5 Å². The molecule has 1 aliphatic rings. The fourth-order valence-electron chi connectivity index (χ4n) is 2.45. The van der Waals surface area contributed by atoms with Gasteiger partial charge in [-0.25, -0.2) is 4.79 Å². The number of carbonyl (C=O) groups is 1. The van der Waals surface area contributed by atoms with E-state index in [4.69, 9.17) is 14.6 Å². The van der Waals surface area contributed by atoms with Gasteiger partial charge in [0.05, 0.1) is 18.8 Å². The SMILES string of the molecule is COc1cc(C(=O)O)ccc1OC1CCCCCC1O. The van der Waals surface area contributed by atoms with Gasteiger partial charge in [-0.3, -0.25) is 0 Å². The van der Waals surface area contributed by atoms with Crippen LogP contribution in [0, 0.1) is 0 Å². The summed E-state index contributed by atoms with van der Waals surface area (Å²) in [4.78, 5) is 10.9. The van der Waals surface area contributed by atoms with Crippen molar-refractivity contribution in [1.82, 2.24) is 0 Å². The van der Waals surface area contributed by atoms with Crippen LogP contribution >= 0.6 is 0 Å². The minimum atomic E-state index is -1.01. The molecule has 5 nitrogen and oxygen atoms in total. The second-order valence-electron chi connectivity index (χ2n) is 5.03. The first-order chi connectivity index (χ1) is 9.61. The van der Waals surface area contributed by atoms with E-state index in [1.807, 2.05) is 0 Å². The molecule has 0 radical (unpaired) electrons. The average Bonchev–Trinajstić information content (AvgIpc) is 2.64. The molecule has 0 saturated heterocycles. The molecule has 0 heterocycles. The first-order valence-electron chi connectivity index (χ1n) is 6.88. The lowest BCUT2D eigenvalue weighted by Crippen LogP contribution is -2.30. The summed E-state index contributed by atoms with van der Waals surface area (Å²) < 4.78 is 11.0. The summed E-state index contributed by atoms with van der Waals surface area (Å²) in [5, 5.41) is 19.0.